The van der Waals surface area contributed by atoms with E-state index in [4.69, 9.17) is 4.42 Å². The number of hydrogen-bond acceptors (Lipinski definition) is 5. The number of thioether (sulfide) groups is 1. The molecule has 1 N–H and O–H groups in total. The Morgan fingerprint density at radius 1 is 1.19 bits per heavy atom. The molecular formula is C19H14BrN3O2S. The Morgan fingerprint density at radius 2 is 2.04 bits per heavy atom. The van der Waals surface area contributed by atoms with Gasteiger partial charge in [0.25, 0.3) is 5.22 Å². The van der Waals surface area contributed by atoms with Crippen LogP contribution >= 0.6 is 27.7 Å². The van der Waals surface area contributed by atoms with E-state index >= 15 is 0 Å². The van der Waals surface area contributed by atoms with Crippen molar-refractivity contribution >= 4 is 44.4 Å². The number of carbonyl (C=O) groups excluding carboxylic acids is 1. The number of aromatic amines is 1. The van der Waals surface area contributed by atoms with Gasteiger partial charge in [-0.25, -0.2) is 0 Å². The summed E-state index contributed by atoms with van der Waals surface area (Å²) in [6, 6.07) is 15.4. The van der Waals surface area contributed by atoms with Crippen molar-refractivity contribution in [1.29, 1.82) is 0 Å². The van der Waals surface area contributed by atoms with Crippen LogP contribution in [0.15, 0.2) is 68.8 Å². The van der Waals surface area contributed by atoms with Gasteiger partial charge in [-0.15, -0.1) is 10.2 Å². The van der Waals surface area contributed by atoms with Crippen LogP contribution in [0.2, 0.25) is 0 Å². The molecule has 1 unspecified atom stereocenters. The van der Waals surface area contributed by atoms with Crippen molar-refractivity contribution in [3.63, 3.8) is 0 Å². The van der Waals surface area contributed by atoms with Crippen molar-refractivity contribution < 1.29 is 9.21 Å². The number of Topliss-reactive ketones (excluding diaryl/α,β-unsaturated/α-hetero) is 1. The number of H-pyrrole nitrogens is 1. The predicted molar refractivity (Wildman–Crippen MR) is 105 cm³/mol. The van der Waals surface area contributed by atoms with Gasteiger partial charge in [0.1, 0.15) is 0 Å². The van der Waals surface area contributed by atoms with E-state index in [0.29, 0.717) is 16.7 Å². The topological polar surface area (TPSA) is 71.8 Å². The first-order valence-electron chi connectivity index (χ1n) is 7.98. The maximum atomic E-state index is 12.8. The van der Waals surface area contributed by atoms with E-state index < -0.39 is 0 Å². The molecule has 0 bridgehead atoms. The molecule has 0 aliphatic heterocycles. The summed E-state index contributed by atoms with van der Waals surface area (Å²) in [6.45, 7) is 1.84. The average Bonchev–Trinajstić information content (AvgIpc) is 3.28. The van der Waals surface area contributed by atoms with E-state index in [1.54, 1.807) is 6.20 Å². The number of rotatable bonds is 5. The molecule has 0 saturated heterocycles. The fraction of sp³-hybridized carbons (Fsp3) is 0.105. The lowest BCUT2D eigenvalue weighted by atomic mass is 10.1. The standard InChI is InChI=1S/C19H14BrN3O2S/c1-11(17(24)15-10-21-16-8-3-2-7-14(15)16)26-19-23-22-18(25-19)12-5-4-6-13(20)9-12/h2-11,21H,1H3. The highest BCUT2D eigenvalue weighted by Gasteiger charge is 2.22. The number of para-hydroxylation sites is 1. The third-order valence-electron chi connectivity index (χ3n) is 3.98. The average molecular weight is 428 g/mol. The Balaban J connectivity index is 1.53. The lowest BCUT2D eigenvalue weighted by Gasteiger charge is -2.06. The minimum absolute atomic E-state index is 0.0228. The molecule has 2 aromatic carbocycles. The number of carbonyl (C=O) groups is 1. The van der Waals surface area contributed by atoms with Crippen LogP contribution in [0, 0.1) is 0 Å². The molecule has 0 aliphatic rings. The Labute approximate surface area is 162 Å². The van der Waals surface area contributed by atoms with Crippen molar-refractivity contribution in [2.24, 2.45) is 0 Å². The highest BCUT2D eigenvalue weighted by Crippen LogP contribution is 2.30. The minimum atomic E-state index is -0.343. The van der Waals surface area contributed by atoms with Crippen LogP contribution in [0.5, 0.6) is 0 Å². The minimum Gasteiger partial charge on any atom is -0.411 e. The molecule has 0 spiro atoms. The van der Waals surface area contributed by atoms with Crippen LogP contribution in [-0.2, 0) is 0 Å². The van der Waals surface area contributed by atoms with Gasteiger partial charge in [-0.05, 0) is 31.2 Å². The molecule has 0 fully saturated rings. The molecule has 2 aromatic heterocycles. The monoisotopic (exact) mass is 427 g/mol. The first-order valence-corrected chi connectivity index (χ1v) is 9.65. The first-order chi connectivity index (χ1) is 12.6. The van der Waals surface area contributed by atoms with Crippen LogP contribution < -0.4 is 0 Å². The number of fused-ring (bicyclic) bond motifs is 1. The number of aromatic nitrogens is 3. The summed E-state index contributed by atoms with van der Waals surface area (Å²) in [7, 11) is 0. The van der Waals surface area contributed by atoms with E-state index in [0.717, 1.165) is 20.9 Å². The molecule has 0 radical (unpaired) electrons. The molecule has 130 valence electrons. The highest BCUT2D eigenvalue weighted by atomic mass is 79.9. The van der Waals surface area contributed by atoms with Gasteiger partial charge in [0.2, 0.25) is 5.89 Å². The maximum Gasteiger partial charge on any atom is 0.277 e. The molecule has 0 saturated carbocycles. The van der Waals surface area contributed by atoms with Crippen LogP contribution in [0.4, 0.5) is 0 Å². The fourth-order valence-corrected chi connectivity index (χ4v) is 3.85. The number of hydrogen-bond donors (Lipinski definition) is 1. The van der Waals surface area contributed by atoms with E-state index in [-0.39, 0.29) is 11.0 Å². The normalized spacial score (nSPS) is 12.4. The van der Waals surface area contributed by atoms with Crippen molar-refractivity contribution in [2.45, 2.75) is 17.4 Å². The lowest BCUT2D eigenvalue weighted by Crippen LogP contribution is -2.13. The second-order valence-electron chi connectivity index (χ2n) is 5.76. The van der Waals surface area contributed by atoms with Gasteiger partial charge >= 0.3 is 0 Å². The van der Waals surface area contributed by atoms with Crippen molar-refractivity contribution in [3.8, 4) is 11.5 Å². The van der Waals surface area contributed by atoms with Crippen LogP contribution in [0.1, 0.15) is 17.3 Å². The number of nitrogens with one attached hydrogen (secondary N) is 1. The zero-order chi connectivity index (χ0) is 18.1. The summed E-state index contributed by atoms with van der Waals surface area (Å²) in [4.78, 5) is 15.9. The van der Waals surface area contributed by atoms with Gasteiger partial charge < -0.3 is 9.40 Å². The van der Waals surface area contributed by atoms with E-state index in [9.17, 15) is 4.79 Å². The van der Waals surface area contributed by atoms with Gasteiger partial charge in [0.05, 0.1) is 5.25 Å². The second-order valence-corrected chi connectivity index (χ2v) is 7.96. The first kappa shape index (κ1) is 17.1. The molecule has 2 heterocycles. The molecule has 0 amide bonds. The Bertz CT molecular complexity index is 1090. The smallest absolute Gasteiger partial charge is 0.277 e. The molecule has 4 aromatic rings. The highest BCUT2D eigenvalue weighted by molar-refractivity contribution is 9.10. The molecule has 26 heavy (non-hydrogen) atoms. The predicted octanol–water partition coefficient (Wildman–Crippen LogP) is 5.34. The number of halogens is 1. The largest absolute Gasteiger partial charge is 0.411 e. The lowest BCUT2D eigenvalue weighted by molar-refractivity contribution is 0.0995. The molecule has 0 aliphatic carbocycles. The Hall–Kier alpha value is -2.38. The Morgan fingerprint density at radius 3 is 2.88 bits per heavy atom. The van der Waals surface area contributed by atoms with Crippen molar-refractivity contribution in [2.75, 3.05) is 0 Å². The SMILES string of the molecule is CC(Sc1nnc(-c2cccc(Br)c2)o1)C(=O)c1c[nH]c2ccccc12. The zero-order valence-corrected chi connectivity index (χ0v) is 16.2. The van der Waals surface area contributed by atoms with E-state index in [1.165, 1.54) is 11.8 Å². The third-order valence-corrected chi connectivity index (χ3v) is 5.41. The van der Waals surface area contributed by atoms with Gasteiger partial charge in [-0.3, -0.25) is 4.79 Å². The van der Waals surface area contributed by atoms with Gasteiger partial charge in [-0.2, -0.15) is 0 Å². The van der Waals surface area contributed by atoms with Gasteiger partial charge in [0, 0.05) is 32.7 Å². The molecule has 7 heteroatoms. The number of ketones is 1. The molecular weight excluding hydrogens is 414 g/mol. The van der Waals surface area contributed by atoms with Crippen molar-refractivity contribution in [1.82, 2.24) is 15.2 Å². The second kappa shape index (κ2) is 7.09. The van der Waals surface area contributed by atoms with Crippen LogP contribution in [0.3, 0.4) is 0 Å². The zero-order valence-electron chi connectivity index (χ0n) is 13.8. The molecule has 5 nitrogen and oxygen atoms in total. The van der Waals surface area contributed by atoms with Crippen LogP contribution in [0.25, 0.3) is 22.4 Å². The van der Waals surface area contributed by atoms with E-state index in [1.807, 2.05) is 55.5 Å². The van der Waals surface area contributed by atoms with Crippen molar-refractivity contribution in [3.05, 3.63) is 64.8 Å². The van der Waals surface area contributed by atoms with Gasteiger partial charge in [-0.1, -0.05) is 52.0 Å². The summed E-state index contributed by atoms with van der Waals surface area (Å²) in [6.07, 6.45) is 1.75. The Kier molecular flexibility index (Phi) is 4.65. The fourth-order valence-electron chi connectivity index (χ4n) is 2.69. The summed E-state index contributed by atoms with van der Waals surface area (Å²) >= 11 is 4.69. The van der Waals surface area contributed by atoms with Gasteiger partial charge in [0.15, 0.2) is 5.78 Å². The summed E-state index contributed by atoms with van der Waals surface area (Å²) in [5.41, 5.74) is 2.45. The molecule has 4 rings (SSSR count). The summed E-state index contributed by atoms with van der Waals surface area (Å²) in [5, 5.41) is 9.09. The maximum absolute atomic E-state index is 12.8. The summed E-state index contributed by atoms with van der Waals surface area (Å²) in [5.74, 6) is 0.454. The number of nitrogens with zero attached hydrogens (tertiary/aromatic N) is 2. The quantitative estimate of drug-likeness (QED) is 0.343. The van der Waals surface area contributed by atoms with E-state index in [2.05, 4.69) is 31.1 Å². The summed E-state index contributed by atoms with van der Waals surface area (Å²) < 4.78 is 6.65. The van der Waals surface area contributed by atoms with Crippen LogP contribution in [-0.4, -0.2) is 26.2 Å². The molecule has 1 atom stereocenters. The number of benzene rings is 2. The third kappa shape index (κ3) is 3.32.